The highest BCUT2D eigenvalue weighted by Crippen LogP contribution is 2.28. The number of hydrogen-bond acceptors (Lipinski definition) is 3. The maximum atomic E-state index is 11.8. The number of amides is 1. The molecule has 0 aromatic heterocycles. The minimum atomic E-state index is -0.255. The van der Waals surface area contributed by atoms with Crippen LogP contribution in [0.5, 0.6) is 5.75 Å². The molecular formula is C15H23BrN2O2. The summed E-state index contributed by atoms with van der Waals surface area (Å²) in [5.74, 6) is 0.626. The van der Waals surface area contributed by atoms with E-state index in [0.717, 1.165) is 27.8 Å². The minimum absolute atomic E-state index is 0.0112. The minimum Gasteiger partial charge on any atom is -0.483 e. The van der Waals surface area contributed by atoms with Gasteiger partial charge in [0.15, 0.2) is 6.61 Å². The Morgan fingerprint density at radius 3 is 2.60 bits per heavy atom. The highest BCUT2D eigenvalue weighted by Gasteiger charge is 2.15. The van der Waals surface area contributed by atoms with Gasteiger partial charge in [0.05, 0.1) is 0 Å². The van der Waals surface area contributed by atoms with Crippen LogP contribution in [0.15, 0.2) is 16.6 Å². The molecule has 0 bridgehead atoms. The molecule has 0 spiro atoms. The maximum Gasteiger partial charge on any atom is 0.258 e. The van der Waals surface area contributed by atoms with E-state index >= 15 is 0 Å². The number of aryl methyl sites for hydroxylation is 1. The molecule has 0 aliphatic heterocycles. The molecule has 0 fully saturated rings. The quantitative estimate of drug-likeness (QED) is 0.864. The Balaban J connectivity index is 2.79. The lowest BCUT2D eigenvalue weighted by Gasteiger charge is -2.21. The highest BCUT2D eigenvalue weighted by atomic mass is 79.9. The van der Waals surface area contributed by atoms with Gasteiger partial charge in [0.25, 0.3) is 5.91 Å². The normalized spacial score (nSPS) is 11.3. The molecular weight excluding hydrogens is 320 g/mol. The summed E-state index contributed by atoms with van der Waals surface area (Å²) in [5.41, 5.74) is 7.37. The number of nitrogens with one attached hydrogen (secondary N) is 1. The van der Waals surface area contributed by atoms with Crippen LogP contribution >= 0.6 is 15.9 Å². The van der Waals surface area contributed by atoms with Crippen LogP contribution in [0.25, 0.3) is 0 Å². The average Bonchev–Trinajstić information content (AvgIpc) is 2.25. The number of carbonyl (C=O) groups is 1. The number of halogens is 1. The van der Waals surface area contributed by atoms with Gasteiger partial charge >= 0.3 is 0 Å². The predicted octanol–water partition coefficient (Wildman–Crippen LogP) is 2.55. The summed E-state index contributed by atoms with van der Waals surface area (Å²) in [7, 11) is 0. The van der Waals surface area contributed by atoms with Crippen molar-refractivity contribution in [1.82, 2.24) is 5.32 Å². The molecule has 0 radical (unpaired) electrons. The number of ether oxygens (including phenoxy) is 1. The van der Waals surface area contributed by atoms with Crippen molar-refractivity contribution in [3.63, 3.8) is 0 Å². The zero-order valence-corrected chi connectivity index (χ0v) is 14.1. The Labute approximate surface area is 129 Å². The summed E-state index contributed by atoms with van der Waals surface area (Å²) in [6, 6.07) is 3.95. The molecule has 5 heteroatoms. The SMILES string of the molecule is Cc1cc(Br)cc(CCN)c1OCC(=O)NC(C)(C)C. The number of benzene rings is 1. The van der Waals surface area contributed by atoms with Gasteiger partial charge in [-0.25, -0.2) is 0 Å². The molecule has 0 unspecified atom stereocenters. The fourth-order valence-electron chi connectivity index (χ4n) is 1.94. The molecule has 0 aliphatic carbocycles. The van der Waals surface area contributed by atoms with Gasteiger partial charge in [0.1, 0.15) is 5.75 Å². The van der Waals surface area contributed by atoms with Crippen LogP contribution in [0.3, 0.4) is 0 Å². The van der Waals surface area contributed by atoms with E-state index in [0.29, 0.717) is 6.54 Å². The van der Waals surface area contributed by atoms with Gasteiger partial charge in [0, 0.05) is 10.0 Å². The van der Waals surface area contributed by atoms with Crippen molar-refractivity contribution < 1.29 is 9.53 Å². The molecule has 1 amide bonds. The number of rotatable bonds is 5. The third kappa shape index (κ3) is 5.51. The second kappa shape index (κ2) is 7.09. The van der Waals surface area contributed by atoms with Crippen LogP contribution < -0.4 is 15.8 Å². The Morgan fingerprint density at radius 1 is 1.40 bits per heavy atom. The lowest BCUT2D eigenvalue weighted by Crippen LogP contribution is -2.43. The molecule has 0 atom stereocenters. The van der Waals surface area contributed by atoms with Crippen LogP contribution in [0, 0.1) is 6.92 Å². The summed E-state index contributed by atoms with van der Waals surface area (Å²) >= 11 is 3.46. The Hall–Kier alpha value is -1.07. The van der Waals surface area contributed by atoms with Crippen molar-refractivity contribution in [2.45, 2.75) is 39.7 Å². The molecule has 1 aromatic carbocycles. The fraction of sp³-hybridized carbons (Fsp3) is 0.533. The fourth-order valence-corrected chi connectivity index (χ4v) is 2.56. The summed E-state index contributed by atoms with van der Waals surface area (Å²) in [6.07, 6.45) is 0.719. The van der Waals surface area contributed by atoms with Gasteiger partial charge < -0.3 is 15.8 Å². The first-order valence-corrected chi connectivity index (χ1v) is 7.45. The molecule has 112 valence electrons. The summed E-state index contributed by atoms with van der Waals surface area (Å²) in [4.78, 5) is 11.8. The Morgan fingerprint density at radius 2 is 2.05 bits per heavy atom. The van der Waals surface area contributed by atoms with E-state index in [1.807, 2.05) is 39.8 Å². The second-order valence-corrected chi connectivity index (χ2v) is 6.75. The number of hydrogen-bond donors (Lipinski definition) is 2. The average molecular weight is 343 g/mol. The van der Waals surface area contributed by atoms with Gasteiger partial charge in [-0.15, -0.1) is 0 Å². The van der Waals surface area contributed by atoms with Crippen molar-refractivity contribution >= 4 is 21.8 Å². The summed E-state index contributed by atoms with van der Waals surface area (Å²) in [5, 5.41) is 2.87. The van der Waals surface area contributed by atoms with E-state index in [1.54, 1.807) is 0 Å². The van der Waals surface area contributed by atoms with Crippen LogP contribution in [0.2, 0.25) is 0 Å². The van der Waals surface area contributed by atoms with E-state index in [1.165, 1.54) is 0 Å². The molecule has 4 nitrogen and oxygen atoms in total. The van der Waals surface area contributed by atoms with Crippen LogP contribution in [0.4, 0.5) is 0 Å². The van der Waals surface area contributed by atoms with E-state index in [9.17, 15) is 4.79 Å². The second-order valence-electron chi connectivity index (χ2n) is 5.84. The smallest absolute Gasteiger partial charge is 0.258 e. The first-order valence-electron chi connectivity index (χ1n) is 6.66. The molecule has 3 N–H and O–H groups in total. The molecule has 0 heterocycles. The monoisotopic (exact) mass is 342 g/mol. The van der Waals surface area contributed by atoms with Crippen molar-refractivity contribution in [3.05, 3.63) is 27.7 Å². The van der Waals surface area contributed by atoms with Crippen molar-refractivity contribution in [2.75, 3.05) is 13.2 Å². The first kappa shape index (κ1) is 17.0. The Kier molecular flexibility index (Phi) is 6.02. The van der Waals surface area contributed by atoms with Crippen molar-refractivity contribution in [1.29, 1.82) is 0 Å². The van der Waals surface area contributed by atoms with Gasteiger partial charge in [0.2, 0.25) is 0 Å². The van der Waals surface area contributed by atoms with Gasteiger partial charge in [-0.1, -0.05) is 15.9 Å². The maximum absolute atomic E-state index is 11.8. The zero-order valence-electron chi connectivity index (χ0n) is 12.5. The summed E-state index contributed by atoms with van der Waals surface area (Å²) in [6.45, 7) is 8.33. The molecule has 1 rings (SSSR count). The third-order valence-electron chi connectivity index (χ3n) is 2.59. The molecule has 0 saturated heterocycles. The standard InChI is InChI=1S/C15H23BrN2O2/c1-10-7-12(16)8-11(5-6-17)14(10)20-9-13(19)18-15(2,3)4/h7-8H,5-6,9,17H2,1-4H3,(H,18,19). The zero-order chi connectivity index (χ0) is 15.3. The van der Waals surface area contributed by atoms with Gasteiger partial charge in [-0.2, -0.15) is 0 Å². The lowest BCUT2D eigenvalue weighted by atomic mass is 10.1. The van der Waals surface area contributed by atoms with Gasteiger partial charge in [-0.3, -0.25) is 4.79 Å². The van der Waals surface area contributed by atoms with E-state index in [2.05, 4.69) is 21.2 Å². The Bertz CT molecular complexity index is 481. The summed E-state index contributed by atoms with van der Waals surface area (Å²) < 4.78 is 6.69. The topological polar surface area (TPSA) is 64.3 Å². The van der Waals surface area contributed by atoms with Crippen molar-refractivity contribution in [2.24, 2.45) is 5.73 Å². The van der Waals surface area contributed by atoms with Crippen LogP contribution in [0.1, 0.15) is 31.9 Å². The van der Waals surface area contributed by atoms with Crippen molar-refractivity contribution in [3.8, 4) is 5.75 Å². The van der Waals surface area contributed by atoms with E-state index < -0.39 is 0 Å². The highest BCUT2D eigenvalue weighted by molar-refractivity contribution is 9.10. The van der Waals surface area contributed by atoms with Crippen LogP contribution in [-0.4, -0.2) is 24.6 Å². The number of nitrogens with two attached hydrogens (primary N) is 1. The molecule has 0 saturated carbocycles. The third-order valence-corrected chi connectivity index (χ3v) is 3.05. The van der Waals surface area contributed by atoms with E-state index in [-0.39, 0.29) is 18.1 Å². The lowest BCUT2D eigenvalue weighted by molar-refractivity contribution is -0.124. The predicted molar refractivity (Wildman–Crippen MR) is 85.0 cm³/mol. The van der Waals surface area contributed by atoms with Gasteiger partial charge in [-0.05, 0) is 63.9 Å². The largest absolute Gasteiger partial charge is 0.483 e. The first-order chi connectivity index (χ1) is 9.23. The molecule has 20 heavy (non-hydrogen) atoms. The molecule has 0 aliphatic rings. The van der Waals surface area contributed by atoms with E-state index in [4.69, 9.17) is 10.5 Å². The molecule has 1 aromatic rings. The number of carbonyl (C=O) groups excluding carboxylic acids is 1. The van der Waals surface area contributed by atoms with Crippen LogP contribution in [-0.2, 0) is 11.2 Å².